The van der Waals surface area contributed by atoms with E-state index in [9.17, 15) is 14.7 Å². The van der Waals surface area contributed by atoms with Gasteiger partial charge in [0.25, 0.3) is 0 Å². The Morgan fingerprint density at radius 3 is 2.22 bits per heavy atom. The van der Waals surface area contributed by atoms with E-state index in [0.29, 0.717) is 13.1 Å². The van der Waals surface area contributed by atoms with Crippen LogP contribution < -0.4 is 0 Å². The summed E-state index contributed by atoms with van der Waals surface area (Å²) >= 11 is 1.63. The minimum atomic E-state index is -1.69. The normalized spacial score (nSPS) is 28.4. The van der Waals surface area contributed by atoms with E-state index >= 15 is 0 Å². The van der Waals surface area contributed by atoms with Crippen LogP contribution in [0, 0.1) is 12.3 Å². The van der Waals surface area contributed by atoms with Crippen molar-refractivity contribution in [1.82, 2.24) is 4.90 Å². The van der Waals surface area contributed by atoms with E-state index in [1.54, 1.807) is 16.2 Å². The molecule has 1 saturated carbocycles. The molecule has 1 aliphatic heterocycles. The summed E-state index contributed by atoms with van der Waals surface area (Å²) < 4.78 is 0. The molecule has 6 heteroatoms. The second kappa shape index (κ2) is 5.05. The van der Waals surface area contributed by atoms with Crippen LogP contribution in [0.1, 0.15) is 43.6 Å². The zero-order valence-corrected chi connectivity index (χ0v) is 14.6. The van der Waals surface area contributed by atoms with Crippen LogP contribution in [0.4, 0.5) is 0 Å². The molecule has 0 radical (unpaired) electrons. The van der Waals surface area contributed by atoms with E-state index in [0.717, 1.165) is 16.9 Å². The number of thiophene rings is 1. The van der Waals surface area contributed by atoms with Gasteiger partial charge in [0.15, 0.2) is 5.60 Å². The molecule has 2 heterocycles. The van der Waals surface area contributed by atoms with Crippen molar-refractivity contribution in [2.45, 2.75) is 51.0 Å². The third-order valence-corrected chi connectivity index (χ3v) is 6.81. The first-order valence-electron chi connectivity index (χ1n) is 7.94. The molecule has 2 fully saturated rings. The molecule has 1 aromatic rings. The summed E-state index contributed by atoms with van der Waals surface area (Å²) in [6.07, 6.45) is 1.00. The molecule has 3 rings (SSSR count). The van der Waals surface area contributed by atoms with Gasteiger partial charge in [-0.2, -0.15) is 0 Å². The molecule has 0 spiro atoms. The maximum Gasteiger partial charge on any atom is 0.335 e. The van der Waals surface area contributed by atoms with Gasteiger partial charge in [-0.25, -0.2) is 4.79 Å². The number of carboxylic acids is 1. The number of hydrogen-bond donors (Lipinski definition) is 2. The van der Waals surface area contributed by atoms with E-state index in [-0.39, 0.29) is 24.2 Å². The molecule has 126 valence electrons. The van der Waals surface area contributed by atoms with Crippen molar-refractivity contribution in [2.75, 3.05) is 13.1 Å². The quantitative estimate of drug-likeness (QED) is 0.886. The average molecular weight is 337 g/mol. The number of carboxylic acid groups (broad SMARTS) is 1. The number of aliphatic carboxylic acids is 1. The van der Waals surface area contributed by atoms with Crippen molar-refractivity contribution in [3.8, 4) is 0 Å². The van der Waals surface area contributed by atoms with E-state index in [1.807, 2.05) is 18.4 Å². The number of carbonyl (C=O) groups is 2. The second-order valence-electron chi connectivity index (χ2n) is 7.53. The van der Waals surface area contributed by atoms with Crippen LogP contribution >= 0.6 is 11.3 Å². The Hall–Kier alpha value is -1.40. The molecule has 23 heavy (non-hydrogen) atoms. The van der Waals surface area contributed by atoms with Gasteiger partial charge in [0.05, 0.1) is 5.41 Å². The van der Waals surface area contributed by atoms with Gasteiger partial charge >= 0.3 is 5.97 Å². The first-order chi connectivity index (χ1) is 10.6. The van der Waals surface area contributed by atoms with Gasteiger partial charge in [-0.15, -0.1) is 11.3 Å². The monoisotopic (exact) mass is 337 g/mol. The lowest BCUT2D eigenvalue weighted by molar-refractivity contribution is -0.165. The Morgan fingerprint density at radius 2 is 1.83 bits per heavy atom. The maximum atomic E-state index is 13.2. The number of aliphatic hydroxyl groups is 1. The zero-order chi connectivity index (χ0) is 17.0. The van der Waals surface area contributed by atoms with Crippen molar-refractivity contribution >= 4 is 23.2 Å². The highest BCUT2D eigenvalue weighted by Gasteiger charge is 2.69. The van der Waals surface area contributed by atoms with Gasteiger partial charge in [-0.1, -0.05) is 13.8 Å². The Morgan fingerprint density at radius 1 is 1.26 bits per heavy atom. The topological polar surface area (TPSA) is 77.8 Å². The standard InChI is InChI=1S/C17H23NO4S/c1-11-4-9-23-12(11)17(10-15(17,2)3)13(19)18-7-5-16(22,6-8-18)14(20)21/h4,9,22H,5-8,10H2,1-3H3,(H,20,21). The minimum absolute atomic E-state index is 0.0831. The Bertz CT molecular complexity index is 657. The molecular weight excluding hydrogens is 314 g/mol. The number of aryl methyl sites for hydroxylation is 1. The van der Waals surface area contributed by atoms with E-state index < -0.39 is 17.0 Å². The molecule has 5 nitrogen and oxygen atoms in total. The highest BCUT2D eigenvalue weighted by Crippen LogP contribution is 2.66. The molecule has 2 N–H and O–H groups in total. The third kappa shape index (κ3) is 2.31. The van der Waals surface area contributed by atoms with Crippen LogP contribution in [-0.2, 0) is 15.0 Å². The fraction of sp³-hybridized carbons (Fsp3) is 0.647. The third-order valence-electron chi connectivity index (χ3n) is 5.63. The average Bonchev–Trinajstić information content (AvgIpc) is 2.82. The van der Waals surface area contributed by atoms with Gasteiger partial charge in [-0.3, -0.25) is 4.79 Å². The van der Waals surface area contributed by atoms with Crippen LogP contribution in [0.3, 0.4) is 0 Å². The van der Waals surface area contributed by atoms with Gasteiger partial charge in [0.1, 0.15) is 0 Å². The molecule has 1 atom stereocenters. The van der Waals surface area contributed by atoms with Crippen molar-refractivity contribution in [2.24, 2.45) is 5.41 Å². The first-order valence-corrected chi connectivity index (χ1v) is 8.82. The van der Waals surface area contributed by atoms with Gasteiger partial charge in [0.2, 0.25) is 5.91 Å². The van der Waals surface area contributed by atoms with Gasteiger partial charge in [0, 0.05) is 30.8 Å². The number of likely N-dealkylation sites (tertiary alicyclic amines) is 1. The Balaban J connectivity index is 1.83. The number of rotatable bonds is 3. The molecule has 1 unspecified atom stereocenters. The lowest BCUT2D eigenvalue weighted by Gasteiger charge is -2.37. The van der Waals surface area contributed by atoms with E-state index in [2.05, 4.69) is 13.8 Å². The lowest BCUT2D eigenvalue weighted by atomic mass is 9.87. The Kier molecular flexibility index (Phi) is 3.61. The zero-order valence-electron chi connectivity index (χ0n) is 13.8. The van der Waals surface area contributed by atoms with Gasteiger partial charge in [-0.05, 0) is 35.8 Å². The summed E-state index contributed by atoms with van der Waals surface area (Å²) in [7, 11) is 0. The number of hydrogen-bond acceptors (Lipinski definition) is 4. The van der Waals surface area contributed by atoms with Crippen LogP contribution in [0.15, 0.2) is 11.4 Å². The molecule has 0 aromatic carbocycles. The number of piperidine rings is 1. The predicted molar refractivity (Wildman–Crippen MR) is 87.5 cm³/mol. The summed E-state index contributed by atoms with van der Waals surface area (Å²) in [6.45, 7) is 6.85. The lowest BCUT2D eigenvalue weighted by Crippen LogP contribution is -2.53. The molecule has 1 aliphatic carbocycles. The summed E-state index contributed by atoms with van der Waals surface area (Å²) in [5, 5.41) is 21.2. The fourth-order valence-electron chi connectivity index (χ4n) is 3.84. The van der Waals surface area contributed by atoms with Crippen molar-refractivity contribution in [1.29, 1.82) is 0 Å². The fourth-order valence-corrected chi connectivity index (χ4v) is 5.14. The molecule has 1 saturated heterocycles. The van der Waals surface area contributed by atoms with E-state index in [4.69, 9.17) is 5.11 Å². The van der Waals surface area contributed by atoms with Crippen molar-refractivity contribution < 1.29 is 19.8 Å². The first kappa shape index (κ1) is 16.5. The smallest absolute Gasteiger partial charge is 0.335 e. The van der Waals surface area contributed by atoms with Crippen LogP contribution in [0.2, 0.25) is 0 Å². The summed E-state index contributed by atoms with van der Waals surface area (Å²) in [4.78, 5) is 27.3. The van der Waals surface area contributed by atoms with Gasteiger partial charge < -0.3 is 15.1 Å². The maximum absolute atomic E-state index is 13.2. The predicted octanol–water partition coefficient (Wildman–Crippen LogP) is 2.16. The number of amides is 1. The molecule has 1 amide bonds. The largest absolute Gasteiger partial charge is 0.479 e. The highest BCUT2D eigenvalue weighted by molar-refractivity contribution is 7.10. The SMILES string of the molecule is Cc1ccsc1C1(C(=O)N2CCC(O)(C(=O)O)CC2)CC1(C)C. The summed E-state index contributed by atoms with van der Waals surface area (Å²) in [5.41, 5.74) is -1.11. The molecular formula is C17H23NO4S. The number of carbonyl (C=O) groups excluding carboxylic acids is 1. The van der Waals surface area contributed by atoms with Crippen LogP contribution in [0.25, 0.3) is 0 Å². The van der Waals surface area contributed by atoms with Crippen molar-refractivity contribution in [3.63, 3.8) is 0 Å². The minimum Gasteiger partial charge on any atom is -0.479 e. The number of nitrogens with zero attached hydrogens (tertiary/aromatic N) is 1. The molecule has 2 aliphatic rings. The molecule has 0 bridgehead atoms. The van der Waals surface area contributed by atoms with Crippen LogP contribution in [-0.4, -0.2) is 45.7 Å². The highest BCUT2D eigenvalue weighted by atomic mass is 32.1. The Labute approximate surface area is 139 Å². The summed E-state index contributed by atoms with van der Waals surface area (Å²) in [5.74, 6) is -1.11. The van der Waals surface area contributed by atoms with Crippen LogP contribution in [0.5, 0.6) is 0 Å². The second-order valence-corrected chi connectivity index (χ2v) is 8.44. The summed E-state index contributed by atoms with van der Waals surface area (Å²) in [6, 6.07) is 2.04. The van der Waals surface area contributed by atoms with Crippen molar-refractivity contribution in [3.05, 3.63) is 21.9 Å². The molecule has 1 aromatic heterocycles. The van der Waals surface area contributed by atoms with E-state index in [1.165, 1.54) is 0 Å².